The number of hydrogen-bond donors (Lipinski definition) is 2. The van der Waals surface area contributed by atoms with E-state index < -0.39 is 24.0 Å². The lowest BCUT2D eigenvalue weighted by Gasteiger charge is -2.29. The van der Waals surface area contributed by atoms with Crippen LogP contribution in [0.2, 0.25) is 0 Å². The fourth-order valence-corrected chi connectivity index (χ4v) is 3.41. The van der Waals surface area contributed by atoms with Gasteiger partial charge in [-0.3, -0.25) is 9.59 Å². The molecule has 1 unspecified atom stereocenters. The second-order valence-electron chi connectivity index (χ2n) is 6.99. The Morgan fingerprint density at radius 3 is 2.27 bits per heavy atom. The maximum Gasteiger partial charge on any atom is 0.391 e. The Hall–Kier alpha value is -2.05. The molecule has 0 radical (unpaired) electrons. The van der Waals surface area contributed by atoms with Gasteiger partial charge in [0.15, 0.2) is 0 Å². The molecule has 1 aliphatic rings. The van der Waals surface area contributed by atoms with Gasteiger partial charge in [-0.15, -0.1) is 0 Å². The average Bonchev–Trinajstić information content (AvgIpc) is 2.59. The summed E-state index contributed by atoms with van der Waals surface area (Å²) in [5.41, 5.74) is 0.875. The van der Waals surface area contributed by atoms with Gasteiger partial charge < -0.3 is 10.4 Å². The number of carbonyl (C=O) groups is 2. The molecule has 2 rings (SSSR count). The van der Waals surface area contributed by atoms with Crippen LogP contribution in [0.4, 0.5) is 13.2 Å². The molecule has 7 heteroatoms. The number of alkyl halides is 3. The molecule has 0 aromatic heterocycles. The van der Waals surface area contributed by atoms with Gasteiger partial charge in [-0.25, -0.2) is 0 Å². The molecule has 4 nitrogen and oxygen atoms in total. The van der Waals surface area contributed by atoms with Crippen molar-refractivity contribution in [2.24, 2.45) is 17.8 Å². The van der Waals surface area contributed by atoms with Gasteiger partial charge in [0, 0.05) is 13.0 Å². The molecule has 1 amide bonds. The van der Waals surface area contributed by atoms with E-state index in [4.69, 9.17) is 0 Å². The fraction of sp³-hybridized carbons (Fsp3) is 0.579. The Bertz CT molecular complexity index is 596. The van der Waals surface area contributed by atoms with E-state index >= 15 is 0 Å². The monoisotopic (exact) mass is 371 g/mol. The lowest BCUT2D eigenvalue weighted by atomic mass is 9.80. The first kappa shape index (κ1) is 20.3. The summed E-state index contributed by atoms with van der Waals surface area (Å²) in [5.74, 6) is -3.34. The standard InChI is InChI=1S/C19H24F3NO3/c20-19(21,22)16-8-6-14(7-9-16)11-17(24)23-12-15(18(25)26)10-13-4-2-1-3-5-13/h1-5,14-16H,6-12H2,(H,23,24)(H,25,26). The predicted octanol–water partition coefficient (Wildman–Crippen LogP) is 3.80. The fourth-order valence-electron chi connectivity index (χ4n) is 3.41. The number of nitrogens with one attached hydrogen (secondary N) is 1. The van der Waals surface area contributed by atoms with E-state index in [1.54, 1.807) is 0 Å². The third-order valence-corrected chi connectivity index (χ3v) is 5.00. The van der Waals surface area contributed by atoms with Crippen LogP contribution < -0.4 is 5.32 Å². The zero-order valence-electron chi connectivity index (χ0n) is 14.5. The van der Waals surface area contributed by atoms with Crippen molar-refractivity contribution in [1.29, 1.82) is 0 Å². The van der Waals surface area contributed by atoms with E-state index in [1.165, 1.54) is 0 Å². The number of carboxylic acids is 1. The molecular formula is C19H24F3NO3. The van der Waals surface area contributed by atoms with Gasteiger partial charge >= 0.3 is 12.1 Å². The second-order valence-corrected chi connectivity index (χ2v) is 6.99. The number of halogens is 3. The summed E-state index contributed by atoms with van der Waals surface area (Å²) in [5, 5.41) is 11.9. The Morgan fingerprint density at radius 2 is 1.73 bits per heavy atom. The molecule has 144 valence electrons. The minimum atomic E-state index is -4.15. The van der Waals surface area contributed by atoms with Crippen molar-refractivity contribution in [3.05, 3.63) is 35.9 Å². The zero-order chi connectivity index (χ0) is 19.2. The smallest absolute Gasteiger partial charge is 0.391 e. The largest absolute Gasteiger partial charge is 0.481 e. The first-order valence-electron chi connectivity index (χ1n) is 8.86. The number of rotatable bonds is 7. The number of carboxylic acid groups (broad SMARTS) is 1. The number of aliphatic carboxylic acids is 1. The van der Waals surface area contributed by atoms with Crippen molar-refractivity contribution in [1.82, 2.24) is 5.32 Å². The Morgan fingerprint density at radius 1 is 1.12 bits per heavy atom. The Labute approximate surface area is 150 Å². The van der Waals surface area contributed by atoms with E-state index in [0.29, 0.717) is 19.3 Å². The van der Waals surface area contributed by atoms with Gasteiger partial charge in [0.2, 0.25) is 5.91 Å². The van der Waals surface area contributed by atoms with Gasteiger partial charge in [0.25, 0.3) is 0 Å². The third kappa shape index (κ3) is 6.35. The number of amides is 1. The first-order chi connectivity index (χ1) is 12.3. The van der Waals surface area contributed by atoms with Crippen LogP contribution >= 0.6 is 0 Å². The highest BCUT2D eigenvalue weighted by Gasteiger charge is 2.41. The summed E-state index contributed by atoms with van der Waals surface area (Å²) in [6, 6.07) is 9.15. The number of benzene rings is 1. The molecule has 1 aromatic carbocycles. The third-order valence-electron chi connectivity index (χ3n) is 5.00. The van der Waals surface area contributed by atoms with Gasteiger partial charge in [-0.05, 0) is 43.6 Å². The summed E-state index contributed by atoms with van der Waals surface area (Å²) in [7, 11) is 0. The molecule has 0 heterocycles. The van der Waals surface area contributed by atoms with Crippen molar-refractivity contribution >= 4 is 11.9 Å². The zero-order valence-corrected chi connectivity index (χ0v) is 14.5. The molecule has 2 N–H and O–H groups in total. The molecule has 1 saturated carbocycles. The maximum absolute atomic E-state index is 12.7. The highest BCUT2D eigenvalue weighted by Crippen LogP contribution is 2.40. The molecular weight excluding hydrogens is 347 g/mol. The van der Waals surface area contributed by atoms with E-state index in [9.17, 15) is 27.9 Å². The average molecular weight is 371 g/mol. The summed E-state index contributed by atoms with van der Waals surface area (Å²) in [4.78, 5) is 23.4. The molecule has 1 aliphatic carbocycles. The van der Waals surface area contributed by atoms with Gasteiger partial charge in [-0.1, -0.05) is 30.3 Å². The highest BCUT2D eigenvalue weighted by molar-refractivity contribution is 5.77. The van der Waals surface area contributed by atoms with E-state index in [2.05, 4.69) is 5.32 Å². The minimum Gasteiger partial charge on any atom is -0.481 e. The lowest BCUT2D eigenvalue weighted by molar-refractivity contribution is -0.184. The number of hydrogen-bond acceptors (Lipinski definition) is 2. The quantitative estimate of drug-likeness (QED) is 0.766. The summed E-state index contributed by atoms with van der Waals surface area (Å²) in [6.45, 7) is 0.0148. The van der Waals surface area contributed by atoms with Gasteiger partial charge in [-0.2, -0.15) is 13.2 Å². The minimum absolute atomic E-state index is 0.0148. The van der Waals surface area contributed by atoms with Gasteiger partial charge in [0.1, 0.15) is 0 Å². The molecule has 0 saturated heterocycles. The SMILES string of the molecule is O=C(CC1CCC(C(F)(F)F)CC1)NCC(Cc1ccccc1)C(=O)O. The van der Waals surface area contributed by atoms with Crippen LogP contribution in [-0.2, 0) is 16.0 Å². The second kappa shape index (κ2) is 9.05. The summed E-state index contributed by atoms with van der Waals surface area (Å²) >= 11 is 0. The maximum atomic E-state index is 12.7. The highest BCUT2D eigenvalue weighted by atomic mass is 19.4. The van der Waals surface area contributed by atoms with Crippen molar-refractivity contribution in [3.63, 3.8) is 0 Å². The molecule has 1 aromatic rings. The molecule has 0 aliphatic heterocycles. The predicted molar refractivity (Wildman–Crippen MR) is 90.4 cm³/mol. The first-order valence-corrected chi connectivity index (χ1v) is 8.86. The van der Waals surface area contributed by atoms with Crippen molar-refractivity contribution < 1.29 is 27.9 Å². The van der Waals surface area contributed by atoms with E-state index in [0.717, 1.165) is 5.56 Å². The molecule has 26 heavy (non-hydrogen) atoms. The molecule has 0 bridgehead atoms. The van der Waals surface area contributed by atoms with Gasteiger partial charge in [0.05, 0.1) is 11.8 Å². The number of carbonyl (C=O) groups excluding carboxylic acids is 1. The van der Waals surface area contributed by atoms with Crippen LogP contribution in [0.1, 0.15) is 37.7 Å². The van der Waals surface area contributed by atoms with Crippen LogP contribution in [0.25, 0.3) is 0 Å². The van der Waals surface area contributed by atoms with Crippen LogP contribution in [0.15, 0.2) is 30.3 Å². The van der Waals surface area contributed by atoms with Crippen LogP contribution in [0, 0.1) is 17.8 Å². The molecule has 0 spiro atoms. The topological polar surface area (TPSA) is 66.4 Å². The summed E-state index contributed by atoms with van der Waals surface area (Å²) in [6.07, 6.45) is -2.80. The van der Waals surface area contributed by atoms with E-state index in [-0.39, 0.29) is 37.6 Å². The normalized spacial score (nSPS) is 21.8. The van der Waals surface area contributed by atoms with Crippen LogP contribution in [0.3, 0.4) is 0 Å². The van der Waals surface area contributed by atoms with Crippen LogP contribution in [0.5, 0.6) is 0 Å². The molecule has 1 fully saturated rings. The van der Waals surface area contributed by atoms with Crippen molar-refractivity contribution in [2.45, 2.75) is 44.7 Å². The van der Waals surface area contributed by atoms with Crippen LogP contribution in [-0.4, -0.2) is 29.7 Å². The Kier molecular flexibility index (Phi) is 7.06. The Balaban J connectivity index is 1.76. The lowest BCUT2D eigenvalue weighted by Crippen LogP contribution is -2.35. The van der Waals surface area contributed by atoms with Crippen molar-refractivity contribution in [3.8, 4) is 0 Å². The summed E-state index contributed by atoms with van der Waals surface area (Å²) < 4.78 is 38.0. The molecule has 1 atom stereocenters. The van der Waals surface area contributed by atoms with Crippen molar-refractivity contribution in [2.75, 3.05) is 6.54 Å². The van der Waals surface area contributed by atoms with E-state index in [1.807, 2.05) is 30.3 Å².